The number of aryl methyl sites for hydroxylation is 1. The molecule has 0 aliphatic heterocycles. The SMILES string of the molecule is Cc1ccc(NC(=O)[C@@H]2C[C@H]2c2ccccn2)cc1-c1cnc2cccn2c1. The minimum atomic E-state index is -0.00227. The first-order valence-corrected chi connectivity index (χ1v) is 9.44. The maximum atomic E-state index is 12.7. The fourth-order valence-corrected chi connectivity index (χ4v) is 3.71. The second-order valence-electron chi connectivity index (χ2n) is 7.34. The zero-order valence-electron chi connectivity index (χ0n) is 15.5. The smallest absolute Gasteiger partial charge is 0.228 e. The van der Waals surface area contributed by atoms with Crippen molar-refractivity contribution < 1.29 is 4.79 Å². The summed E-state index contributed by atoms with van der Waals surface area (Å²) in [6.07, 6.45) is 8.56. The van der Waals surface area contributed by atoms with E-state index in [-0.39, 0.29) is 17.7 Å². The van der Waals surface area contributed by atoms with Gasteiger partial charge in [-0.2, -0.15) is 0 Å². The third-order valence-corrected chi connectivity index (χ3v) is 5.38. The Hall–Kier alpha value is -3.47. The van der Waals surface area contributed by atoms with E-state index in [0.29, 0.717) is 0 Å². The van der Waals surface area contributed by atoms with E-state index >= 15 is 0 Å². The van der Waals surface area contributed by atoms with E-state index in [4.69, 9.17) is 0 Å². The van der Waals surface area contributed by atoms with Crippen molar-refractivity contribution >= 4 is 17.2 Å². The molecule has 5 nitrogen and oxygen atoms in total. The fourth-order valence-electron chi connectivity index (χ4n) is 3.71. The first kappa shape index (κ1) is 16.7. The normalized spacial score (nSPS) is 18.2. The number of benzene rings is 1. The number of fused-ring (bicyclic) bond motifs is 1. The minimum absolute atomic E-state index is 0.00227. The predicted molar refractivity (Wildman–Crippen MR) is 109 cm³/mol. The molecule has 0 bridgehead atoms. The summed E-state index contributed by atoms with van der Waals surface area (Å²) in [5, 5.41) is 3.08. The van der Waals surface area contributed by atoms with Gasteiger partial charge in [-0.15, -0.1) is 0 Å². The van der Waals surface area contributed by atoms with Crippen molar-refractivity contribution in [2.24, 2.45) is 5.92 Å². The molecule has 1 amide bonds. The number of nitrogens with one attached hydrogen (secondary N) is 1. The summed E-state index contributed by atoms with van der Waals surface area (Å²) in [5.74, 6) is 0.286. The molecule has 138 valence electrons. The highest BCUT2D eigenvalue weighted by Crippen LogP contribution is 2.47. The molecule has 5 heteroatoms. The molecule has 2 atom stereocenters. The zero-order chi connectivity index (χ0) is 19.1. The number of anilines is 1. The third-order valence-electron chi connectivity index (χ3n) is 5.38. The third kappa shape index (κ3) is 3.05. The first-order valence-electron chi connectivity index (χ1n) is 9.44. The van der Waals surface area contributed by atoms with Crippen LogP contribution in [0.4, 0.5) is 5.69 Å². The molecule has 4 aromatic rings. The van der Waals surface area contributed by atoms with Gasteiger partial charge in [-0.25, -0.2) is 4.98 Å². The van der Waals surface area contributed by atoms with E-state index in [1.807, 2.05) is 65.3 Å². The standard InChI is InChI=1S/C23H20N4O/c1-15-7-8-17(11-18(15)16-13-25-22-6-4-10-27(22)14-16)26-23(28)20-12-19(20)21-5-2-3-9-24-21/h2-11,13-14,19-20H,12H2,1H3,(H,26,28)/t19-,20-/m1/s1. The molecule has 3 heterocycles. The number of carbonyl (C=O) groups is 1. The lowest BCUT2D eigenvalue weighted by Crippen LogP contribution is -2.14. The van der Waals surface area contributed by atoms with Crippen molar-refractivity contribution in [3.05, 3.63) is 84.6 Å². The van der Waals surface area contributed by atoms with Crippen LogP contribution >= 0.6 is 0 Å². The van der Waals surface area contributed by atoms with Crippen LogP contribution in [0.15, 0.2) is 73.3 Å². The van der Waals surface area contributed by atoms with E-state index in [1.165, 1.54) is 0 Å². The molecule has 1 saturated carbocycles. The second-order valence-corrected chi connectivity index (χ2v) is 7.34. The molecule has 3 aromatic heterocycles. The van der Waals surface area contributed by atoms with E-state index in [2.05, 4.69) is 28.4 Å². The van der Waals surface area contributed by atoms with Crippen LogP contribution < -0.4 is 5.32 Å². The van der Waals surface area contributed by atoms with Gasteiger partial charge in [0.15, 0.2) is 0 Å². The van der Waals surface area contributed by atoms with Gasteiger partial charge < -0.3 is 9.72 Å². The van der Waals surface area contributed by atoms with Crippen molar-refractivity contribution in [2.45, 2.75) is 19.3 Å². The van der Waals surface area contributed by atoms with Gasteiger partial charge in [-0.1, -0.05) is 12.1 Å². The Kier molecular flexibility index (Phi) is 3.93. The molecule has 1 aliphatic carbocycles. The van der Waals surface area contributed by atoms with Crippen LogP contribution in [0.2, 0.25) is 0 Å². The second kappa shape index (κ2) is 6.60. The maximum absolute atomic E-state index is 12.7. The lowest BCUT2D eigenvalue weighted by Gasteiger charge is -2.11. The Morgan fingerprint density at radius 2 is 2.07 bits per heavy atom. The summed E-state index contributed by atoms with van der Waals surface area (Å²) < 4.78 is 2.00. The largest absolute Gasteiger partial charge is 0.326 e. The molecule has 1 aromatic carbocycles. The van der Waals surface area contributed by atoms with Crippen LogP contribution in [0.5, 0.6) is 0 Å². The van der Waals surface area contributed by atoms with Gasteiger partial charge in [0.05, 0.1) is 0 Å². The van der Waals surface area contributed by atoms with Crippen molar-refractivity contribution in [2.75, 3.05) is 5.32 Å². The summed E-state index contributed by atoms with van der Waals surface area (Å²) in [4.78, 5) is 21.6. The first-order chi connectivity index (χ1) is 13.7. The van der Waals surface area contributed by atoms with E-state index in [1.54, 1.807) is 6.20 Å². The number of carbonyl (C=O) groups excluding carboxylic acids is 1. The average Bonchev–Trinajstić information content (AvgIpc) is 3.40. The molecule has 0 radical (unpaired) electrons. The number of nitrogens with zero attached hydrogens (tertiary/aromatic N) is 3. The van der Waals surface area contributed by atoms with Crippen molar-refractivity contribution in [3.8, 4) is 11.1 Å². The number of hydrogen-bond acceptors (Lipinski definition) is 3. The van der Waals surface area contributed by atoms with E-state index in [0.717, 1.165) is 40.1 Å². The number of hydrogen-bond donors (Lipinski definition) is 1. The highest BCUT2D eigenvalue weighted by atomic mass is 16.2. The Balaban J connectivity index is 1.36. The molecule has 1 fully saturated rings. The molecule has 28 heavy (non-hydrogen) atoms. The van der Waals surface area contributed by atoms with E-state index < -0.39 is 0 Å². The van der Waals surface area contributed by atoms with E-state index in [9.17, 15) is 4.79 Å². The predicted octanol–water partition coefficient (Wildman–Crippen LogP) is 4.45. The summed E-state index contributed by atoms with van der Waals surface area (Å²) in [6.45, 7) is 2.07. The minimum Gasteiger partial charge on any atom is -0.326 e. The van der Waals surface area contributed by atoms with Gasteiger partial charge in [0.2, 0.25) is 5.91 Å². The number of amides is 1. The fraction of sp³-hybridized carbons (Fsp3) is 0.174. The monoisotopic (exact) mass is 368 g/mol. The molecule has 5 rings (SSSR count). The highest BCUT2D eigenvalue weighted by molar-refractivity contribution is 5.95. The zero-order valence-corrected chi connectivity index (χ0v) is 15.5. The van der Waals surface area contributed by atoms with Crippen molar-refractivity contribution in [3.63, 3.8) is 0 Å². The topological polar surface area (TPSA) is 59.3 Å². The number of rotatable bonds is 4. The lowest BCUT2D eigenvalue weighted by atomic mass is 10.0. The van der Waals surface area contributed by atoms with Crippen molar-refractivity contribution in [1.29, 1.82) is 0 Å². The van der Waals surface area contributed by atoms with Crippen LogP contribution in [0.1, 0.15) is 23.6 Å². The molecule has 0 saturated heterocycles. The summed E-state index contributed by atoms with van der Waals surface area (Å²) in [7, 11) is 0. The molecule has 0 unspecified atom stereocenters. The highest BCUT2D eigenvalue weighted by Gasteiger charge is 2.44. The van der Waals surface area contributed by atoms with Crippen LogP contribution in [0.3, 0.4) is 0 Å². The Morgan fingerprint density at radius 1 is 1.14 bits per heavy atom. The van der Waals surface area contributed by atoms with Gasteiger partial charge in [-0.3, -0.25) is 9.78 Å². The van der Waals surface area contributed by atoms with Crippen LogP contribution in [-0.2, 0) is 4.79 Å². The lowest BCUT2D eigenvalue weighted by molar-refractivity contribution is -0.117. The van der Waals surface area contributed by atoms with Crippen LogP contribution in [0, 0.1) is 12.8 Å². The Bertz CT molecular complexity index is 1170. The van der Waals surface area contributed by atoms with Crippen LogP contribution in [0.25, 0.3) is 16.8 Å². The van der Waals surface area contributed by atoms with Crippen molar-refractivity contribution in [1.82, 2.24) is 14.4 Å². The Labute approximate surface area is 163 Å². The molecular formula is C23H20N4O. The quantitative estimate of drug-likeness (QED) is 0.579. The number of pyridine rings is 1. The van der Waals surface area contributed by atoms with Gasteiger partial charge in [0, 0.05) is 53.6 Å². The summed E-state index contributed by atoms with van der Waals surface area (Å²) in [6, 6.07) is 15.8. The van der Waals surface area contributed by atoms with Gasteiger partial charge in [0.25, 0.3) is 0 Å². The van der Waals surface area contributed by atoms with Crippen LogP contribution in [-0.4, -0.2) is 20.3 Å². The van der Waals surface area contributed by atoms with Gasteiger partial charge in [0.1, 0.15) is 5.65 Å². The molecule has 1 aliphatic rings. The van der Waals surface area contributed by atoms with Gasteiger partial charge >= 0.3 is 0 Å². The summed E-state index contributed by atoms with van der Waals surface area (Å²) in [5.41, 5.74) is 5.96. The number of aromatic nitrogens is 3. The molecule has 1 N–H and O–H groups in total. The maximum Gasteiger partial charge on any atom is 0.228 e. The Morgan fingerprint density at radius 3 is 2.93 bits per heavy atom. The molecule has 0 spiro atoms. The van der Waals surface area contributed by atoms with Gasteiger partial charge in [-0.05, 0) is 60.9 Å². The average molecular weight is 368 g/mol. The molecular weight excluding hydrogens is 348 g/mol. The summed E-state index contributed by atoms with van der Waals surface area (Å²) >= 11 is 0.